The summed E-state index contributed by atoms with van der Waals surface area (Å²) in [6.07, 6.45) is 7.28. The smallest absolute Gasteiger partial charge is 0.257 e. The van der Waals surface area contributed by atoms with E-state index in [2.05, 4.69) is 28.6 Å². The summed E-state index contributed by atoms with van der Waals surface area (Å²) in [6, 6.07) is 21.9. The van der Waals surface area contributed by atoms with Crippen LogP contribution in [-0.4, -0.2) is 44.8 Å². The summed E-state index contributed by atoms with van der Waals surface area (Å²) < 4.78 is 7.87. The molecule has 0 unspecified atom stereocenters. The molecule has 1 saturated heterocycles. The molecular formula is C28H27N5O2. The van der Waals surface area contributed by atoms with Crippen LogP contribution in [0, 0.1) is 0 Å². The SMILES string of the molecule is O=C1c2ccccc2N[C@H](c2cn(Cc3ccccc3)nc2-c2cccnc2)N1C[C@@H]1CCCO1. The minimum Gasteiger partial charge on any atom is -0.376 e. The Kier molecular flexibility index (Phi) is 5.76. The number of carbonyl (C=O) groups is 1. The van der Waals surface area contributed by atoms with Crippen LogP contribution in [0.3, 0.4) is 0 Å². The first-order chi connectivity index (χ1) is 17.3. The number of pyridine rings is 1. The summed E-state index contributed by atoms with van der Waals surface area (Å²) in [7, 11) is 0. The fraction of sp³-hybridized carbons (Fsp3) is 0.250. The number of benzene rings is 2. The van der Waals surface area contributed by atoms with Crippen LogP contribution in [0.25, 0.3) is 11.3 Å². The second-order valence-corrected chi connectivity index (χ2v) is 9.04. The third-order valence-electron chi connectivity index (χ3n) is 6.65. The predicted molar refractivity (Wildman–Crippen MR) is 134 cm³/mol. The summed E-state index contributed by atoms with van der Waals surface area (Å²) >= 11 is 0. The van der Waals surface area contributed by atoms with Crippen molar-refractivity contribution in [1.82, 2.24) is 19.7 Å². The number of ether oxygens (including phenoxy) is 1. The fourth-order valence-corrected chi connectivity index (χ4v) is 4.95. The van der Waals surface area contributed by atoms with E-state index in [-0.39, 0.29) is 18.2 Å². The van der Waals surface area contributed by atoms with E-state index < -0.39 is 0 Å². The van der Waals surface area contributed by atoms with E-state index in [1.54, 1.807) is 6.20 Å². The summed E-state index contributed by atoms with van der Waals surface area (Å²) in [4.78, 5) is 20.0. The molecule has 1 fully saturated rings. The number of para-hydroxylation sites is 1. The first-order valence-electron chi connectivity index (χ1n) is 12.1. The van der Waals surface area contributed by atoms with Crippen LogP contribution in [0.1, 0.15) is 40.5 Å². The molecule has 35 heavy (non-hydrogen) atoms. The van der Waals surface area contributed by atoms with Gasteiger partial charge in [-0.2, -0.15) is 5.10 Å². The molecule has 2 aliphatic rings. The van der Waals surface area contributed by atoms with E-state index in [1.165, 1.54) is 0 Å². The third-order valence-corrected chi connectivity index (χ3v) is 6.65. The van der Waals surface area contributed by atoms with Crippen molar-refractivity contribution < 1.29 is 9.53 Å². The Morgan fingerprint density at radius 1 is 1.03 bits per heavy atom. The number of nitrogens with zero attached hydrogens (tertiary/aromatic N) is 4. The second kappa shape index (κ2) is 9.35. The molecule has 4 aromatic rings. The van der Waals surface area contributed by atoms with Crippen LogP contribution in [0.5, 0.6) is 0 Å². The average molecular weight is 466 g/mol. The molecule has 4 heterocycles. The Balaban J connectivity index is 1.44. The fourth-order valence-electron chi connectivity index (χ4n) is 4.95. The van der Waals surface area contributed by atoms with Crippen molar-refractivity contribution in [3.63, 3.8) is 0 Å². The van der Waals surface area contributed by atoms with E-state index in [9.17, 15) is 4.79 Å². The molecule has 7 nitrogen and oxygen atoms in total. The van der Waals surface area contributed by atoms with Gasteiger partial charge in [-0.05, 0) is 42.7 Å². The Labute approximate surface area is 204 Å². The molecule has 176 valence electrons. The summed E-state index contributed by atoms with van der Waals surface area (Å²) in [6.45, 7) is 1.91. The quantitative estimate of drug-likeness (QED) is 0.445. The highest BCUT2D eigenvalue weighted by Gasteiger charge is 2.37. The van der Waals surface area contributed by atoms with Crippen LogP contribution < -0.4 is 5.32 Å². The number of hydrogen-bond acceptors (Lipinski definition) is 5. The molecule has 0 aliphatic carbocycles. The minimum absolute atomic E-state index is 0.00722. The molecule has 2 atom stereocenters. The number of anilines is 1. The molecular weight excluding hydrogens is 438 g/mol. The van der Waals surface area contributed by atoms with Gasteiger partial charge in [-0.25, -0.2) is 0 Å². The van der Waals surface area contributed by atoms with Gasteiger partial charge in [0.25, 0.3) is 5.91 Å². The lowest BCUT2D eigenvalue weighted by molar-refractivity contribution is 0.0427. The standard InChI is InChI=1S/C28H27N5O2/c34-28-23-12-4-5-13-25(23)30-27(33(28)18-22-11-7-15-35-22)24-19-32(17-20-8-2-1-3-9-20)31-26(24)21-10-6-14-29-16-21/h1-6,8-10,12-14,16,19,22,27,30H,7,11,15,17-18H2/t22-,27-/m0/s1. The van der Waals surface area contributed by atoms with Crippen LogP contribution in [-0.2, 0) is 11.3 Å². The molecule has 2 aromatic heterocycles. The number of fused-ring (bicyclic) bond motifs is 1. The van der Waals surface area contributed by atoms with Gasteiger partial charge in [0.2, 0.25) is 0 Å². The maximum atomic E-state index is 13.7. The lowest BCUT2D eigenvalue weighted by atomic mass is 10.0. The Hall–Kier alpha value is -3.97. The second-order valence-electron chi connectivity index (χ2n) is 9.04. The van der Waals surface area contributed by atoms with Gasteiger partial charge < -0.3 is 15.0 Å². The van der Waals surface area contributed by atoms with Gasteiger partial charge in [-0.15, -0.1) is 0 Å². The first kappa shape index (κ1) is 21.6. The number of nitrogens with one attached hydrogen (secondary N) is 1. The van der Waals surface area contributed by atoms with E-state index in [4.69, 9.17) is 9.84 Å². The summed E-state index contributed by atoms with van der Waals surface area (Å²) in [5, 5.41) is 8.60. The van der Waals surface area contributed by atoms with Gasteiger partial charge in [-0.1, -0.05) is 42.5 Å². The van der Waals surface area contributed by atoms with E-state index in [1.807, 2.05) is 70.4 Å². The molecule has 1 N–H and O–H groups in total. The Morgan fingerprint density at radius 2 is 1.89 bits per heavy atom. The minimum atomic E-state index is -0.374. The zero-order valence-electron chi connectivity index (χ0n) is 19.4. The maximum Gasteiger partial charge on any atom is 0.257 e. The zero-order valence-corrected chi connectivity index (χ0v) is 19.4. The van der Waals surface area contributed by atoms with Gasteiger partial charge in [0.1, 0.15) is 11.9 Å². The Bertz CT molecular complexity index is 1320. The lowest BCUT2D eigenvalue weighted by Crippen LogP contribution is -2.46. The topological polar surface area (TPSA) is 72.3 Å². The van der Waals surface area contributed by atoms with Gasteiger partial charge in [0.15, 0.2) is 0 Å². The van der Waals surface area contributed by atoms with E-state index >= 15 is 0 Å². The lowest BCUT2D eigenvalue weighted by Gasteiger charge is -2.39. The monoisotopic (exact) mass is 465 g/mol. The molecule has 0 saturated carbocycles. The van der Waals surface area contributed by atoms with Crippen molar-refractivity contribution in [1.29, 1.82) is 0 Å². The zero-order chi connectivity index (χ0) is 23.6. The molecule has 6 rings (SSSR count). The number of hydrogen-bond donors (Lipinski definition) is 1. The largest absolute Gasteiger partial charge is 0.376 e. The number of amides is 1. The van der Waals surface area contributed by atoms with Crippen LogP contribution >= 0.6 is 0 Å². The average Bonchev–Trinajstić information content (AvgIpc) is 3.57. The molecule has 0 bridgehead atoms. The predicted octanol–water partition coefficient (Wildman–Crippen LogP) is 4.74. The van der Waals surface area contributed by atoms with E-state index in [0.29, 0.717) is 18.7 Å². The van der Waals surface area contributed by atoms with Crippen molar-refractivity contribution in [2.75, 3.05) is 18.5 Å². The number of carbonyl (C=O) groups excluding carboxylic acids is 1. The van der Waals surface area contributed by atoms with Crippen molar-refractivity contribution >= 4 is 11.6 Å². The highest BCUT2D eigenvalue weighted by atomic mass is 16.5. The van der Waals surface area contributed by atoms with Crippen molar-refractivity contribution in [3.05, 3.63) is 102 Å². The summed E-state index contributed by atoms with van der Waals surface area (Å²) in [5.41, 5.74) is 5.35. The molecule has 0 radical (unpaired) electrons. The number of aromatic nitrogens is 3. The van der Waals surface area contributed by atoms with E-state index in [0.717, 1.165) is 47.5 Å². The molecule has 7 heteroatoms. The number of rotatable bonds is 6. The van der Waals surface area contributed by atoms with Crippen LogP contribution in [0.4, 0.5) is 5.69 Å². The van der Waals surface area contributed by atoms with Gasteiger partial charge in [-0.3, -0.25) is 14.5 Å². The first-order valence-corrected chi connectivity index (χ1v) is 12.1. The molecule has 0 spiro atoms. The van der Waals surface area contributed by atoms with Gasteiger partial charge in [0, 0.05) is 48.6 Å². The van der Waals surface area contributed by atoms with Crippen molar-refractivity contribution in [2.45, 2.75) is 31.7 Å². The molecule has 2 aliphatic heterocycles. The molecule has 1 amide bonds. The third kappa shape index (κ3) is 4.31. The van der Waals surface area contributed by atoms with Crippen molar-refractivity contribution in [3.8, 4) is 11.3 Å². The maximum absolute atomic E-state index is 13.7. The highest BCUT2D eigenvalue weighted by Crippen LogP contribution is 2.37. The van der Waals surface area contributed by atoms with Crippen LogP contribution in [0.15, 0.2) is 85.3 Å². The highest BCUT2D eigenvalue weighted by molar-refractivity contribution is 6.01. The molecule has 2 aromatic carbocycles. The van der Waals surface area contributed by atoms with Gasteiger partial charge in [0.05, 0.1) is 18.2 Å². The summed E-state index contributed by atoms with van der Waals surface area (Å²) in [5.74, 6) is 0.00722. The Morgan fingerprint density at radius 3 is 2.69 bits per heavy atom. The normalized spacial score (nSPS) is 19.4. The van der Waals surface area contributed by atoms with Gasteiger partial charge >= 0.3 is 0 Å². The van der Waals surface area contributed by atoms with Crippen molar-refractivity contribution in [2.24, 2.45) is 0 Å². The van der Waals surface area contributed by atoms with Crippen LogP contribution in [0.2, 0.25) is 0 Å².